The molecule has 1 aliphatic heterocycles. The number of amides is 2. The fourth-order valence-corrected chi connectivity index (χ4v) is 3.85. The summed E-state index contributed by atoms with van der Waals surface area (Å²) in [6, 6.07) is 17.5. The Hall–Kier alpha value is -3.66. The summed E-state index contributed by atoms with van der Waals surface area (Å²) in [5, 5.41) is -0.407. The van der Waals surface area contributed by atoms with Gasteiger partial charge in [-0.1, -0.05) is 18.2 Å². The van der Waals surface area contributed by atoms with Gasteiger partial charge in [-0.25, -0.2) is 0 Å². The van der Waals surface area contributed by atoms with Crippen LogP contribution in [0.2, 0.25) is 0 Å². The van der Waals surface area contributed by atoms with Gasteiger partial charge in [-0.3, -0.25) is 14.5 Å². The summed E-state index contributed by atoms with van der Waals surface area (Å²) in [7, 11) is 0. The van der Waals surface area contributed by atoms with Gasteiger partial charge in [0, 0.05) is 11.6 Å². The highest BCUT2D eigenvalue weighted by molar-refractivity contribution is 8.18. The number of nitrogens with zero attached hydrogens (tertiary/aromatic N) is 1. The van der Waals surface area contributed by atoms with Crippen LogP contribution in [0.4, 0.5) is 18.0 Å². The minimum atomic E-state index is -4.77. The Morgan fingerprint density at radius 2 is 1.67 bits per heavy atom. The second kappa shape index (κ2) is 9.45. The molecular formula is C23H16F3NO5S. The van der Waals surface area contributed by atoms with E-state index in [0.29, 0.717) is 22.8 Å². The van der Waals surface area contributed by atoms with E-state index in [1.54, 1.807) is 24.3 Å². The number of carbonyl (C=O) groups is 2. The van der Waals surface area contributed by atoms with Crippen LogP contribution in [-0.2, 0) is 4.79 Å². The summed E-state index contributed by atoms with van der Waals surface area (Å²) >= 11 is 0.795. The lowest BCUT2D eigenvalue weighted by molar-refractivity contribution is -0.274. The number of para-hydroxylation sites is 1. The molecule has 1 aromatic heterocycles. The number of benzene rings is 2. The van der Waals surface area contributed by atoms with Gasteiger partial charge in [0.1, 0.15) is 29.6 Å². The predicted molar refractivity (Wildman–Crippen MR) is 115 cm³/mol. The van der Waals surface area contributed by atoms with Crippen molar-refractivity contribution in [1.29, 1.82) is 0 Å². The summed E-state index contributed by atoms with van der Waals surface area (Å²) < 4.78 is 51.9. The lowest BCUT2D eigenvalue weighted by Crippen LogP contribution is -2.32. The van der Waals surface area contributed by atoms with E-state index in [1.165, 1.54) is 30.3 Å². The third-order valence-electron chi connectivity index (χ3n) is 4.47. The highest BCUT2D eigenvalue weighted by atomic mass is 32.2. The zero-order valence-electron chi connectivity index (χ0n) is 16.9. The molecule has 0 N–H and O–H groups in total. The first-order valence-electron chi connectivity index (χ1n) is 9.68. The summed E-state index contributed by atoms with van der Waals surface area (Å²) in [6.45, 7) is 0.265. The minimum absolute atomic E-state index is 0.104. The van der Waals surface area contributed by atoms with E-state index in [2.05, 4.69) is 4.74 Å². The predicted octanol–water partition coefficient (Wildman–Crippen LogP) is 5.96. The molecule has 2 aromatic carbocycles. The molecule has 0 atom stereocenters. The highest BCUT2D eigenvalue weighted by Crippen LogP contribution is 2.33. The van der Waals surface area contributed by atoms with Crippen molar-refractivity contribution in [2.45, 2.75) is 6.36 Å². The Morgan fingerprint density at radius 3 is 2.36 bits per heavy atom. The lowest BCUT2D eigenvalue weighted by atomic mass is 10.2. The normalized spacial score (nSPS) is 15.4. The summed E-state index contributed by atoms with van der Waals surface area (Å²) in [5.41, 5.74) is 0.523. The lowest BCUT2D eigenvalue weighted by Gasteiger charge is -2.13. The van der Waals surface area contributed by atoms with E-state index in [4.69, 9.17) is 9.15 Å². The van der Waals surface area contributed by atoms with Crippen molar-refractivity contribution in [3.63, 3.8) is 0 Å². The maximum atomic E-state index is 12.6. The molecular weight excluding hydrogens is 459 g/mol. The Kier molecular flexibility index (Phi) is 6.45. The maximum Gasteiger partial charge on any atom is 0.573 e. The van der Waals surface area contributed by atoms with E-state index < -0.39 is 17.5 Å². The standard InChI is InChI=1S/C23H16F3NO5S/c24-23(25,26)32-17-8-6-15(7-9-17)19-11-10-18(31-19)14-20-21(28)27(22(29)33-20)12-13-30-16-4-2-1-3-5-16/h1-11,14H,12-13H2/b20-14-. The molecule has 0 saturated carbocycles. The van der Waals surface area contributed by atoms with Gasteiger partial charge in [-0.15, -0.1) is 13.2 Å². The topological polar surface area (TPSA) is 69.0 Å². The first-order chi connectivity index (χ1) is 15.8. The SMILES string of the molecule is O=C1S/C(=C\c2ccc(-c3ccc(OC(F)(F)F)cc3)o2)C(=O)N1CCOc1ccccc1. The number of hydrogen-bond donors (Lipinski definition) is 0. The summed E-state index contributed by atoms with van der Waals surface area (Å²) in [4.78, 5) is 26.1. The first kappa shape index (κ1) is 22.5. The van der Waals surface area contributed by atoms with Gasteiger partial charge in [0.25, 0.3) is 11.1 Å². The van der Waals surface area contributed by atoms with Crippen LogP contribution in [-0.4, -0.2) is 35.6 Å². The van der Waals surface area contributed by atoms with Crippen LogP contribution in [0.5, 0.6) is 11.5 Å². The number of ether oxygens (including phenoxy) is 2. The van der Waals surface area contributed by atoms with Gasteiger partial charge in [0.05, 0.1) is 11.4 Å². The second-order valence-electron chi connectivity index (χ2n) is 6.77. The van der Waals surface area contributed by atoms with E-state index in [1.807, 2.05) is 18.2 Å². The van der Waals surface area contributed by atoms with Gasteiger partial charge in [-0.05, 0) is 60.3 Å². The number of halogens is 3. The minimum Gasteiger partial charge on any atom is -0.492 e. The molecule has 0 aliphatic carbocycles. The molecule has 33 heavy (non-hydrogen) atoms. The molecule has 4 rings (SSSR count). The van der Waals surface area contributed by atoms with Crippen molar-refractivity contribution in [2.75, 3.05) is 13.2 Å². The number of alkyl halides is 3. The fourth-order valence-electron chi connectivity index (χ4n) is 3.00. The van der Waals surface area contributed by atoms with Crippen molar-refractivity contribution < 1.29 is 36.7 Å². The molecule has 170 valence electrons. The Morgan fingerprint density at radius 1 is 0.939 bits per heavy atom. The van der Waals surface area contributed by atoms with Crippen molar-refractivity contribution >= 4 is 29.0 Å². The van der Waals surface area contributed by atoms with Crippen molar-refractivity contribution in [1.82, 2.24) is 4.90 Å². The van der Waals surface area contributed by atoms with Crippen LogP contribution in [0, 0.1) is 0 Å². The fraction of sp³-hybridized carbons (Fsp3) is 0.130. The maximum absolute atomic E-state index is 12.6. The summed E-state index contributed by atoms with van der Waals surface area (Å²) in [5.74, 6) is 0.555. The first-order valence-corrected chi connectivity index (χ1v) is 10.5. The molecule has 10 heteroatoms. The molecule has 0 bridgehead atoms. The molecule has 1 fully saturated rings. The van der Waals surface area contributed by atoms with Crippen LogP contribution < -0.4 is 9.47 Å². The average molecular weight is 475 g/mol. The van der Waals surface area contributed by atoms with E-state index >= 15 is 0 Å². The average Bonchev–Trinajstić information content (AvgIpc) is 3.34. The number of hydrogen-bond acceptors (Lipinski definition) is 6. The van der Waals surface area contributed by atoms with E-state index in [-0.39, 0.29) is 23.8 Å². The molecule has 1 aliphatic rings. The number of imide groups is 1. The molecule has 0 radical (unpaired) electrons. The zero-order chi connectivity index (χ0) is 23.4. The molecule has 1 saturated heterocycles. The zero-order valence-corrected chi connectivity index (χ0v) is 17.7. The van der Waals surface area contributed by atoms with Crippen LogP contribution >= 0.6 is 11.8 Å². The third kappa shape index (κ3) is 5.78. The van der Waals surface area contributed by atoms with E-state index in [0.717, 1.165) is 16.7 Å². The third-order valence-corrected chi connectivity index (χ3v) is 5.38. The van der Waals surface area contributed by atoms with Crippen LogP contribution in [0.3, 0.4) is 0 Å². The Labute approximate surface area is 190 Å². The highest BCUT2D eigenvalue weighted by Gasteiger charge is 2.35. The number of rotatable bonds is 7. The van der Waals surface area contributed by atoms with Gasteiger partial charge >= 0.3 is 6.36 Å². The molecule has 6 nitrogen and oxygen atoms in total. The van der Waals surface area contributed by atoms with Gasteiger partial charge in [0.15, 0.2) is 0 Å². The Balaban J connectivity index is 1.39. The van der Waals surface area contributed by atoms with Gasteiger partial charge in [0.2, 0.25) is 0 Å². The Bertz CT molecular complexity index is 1170. The molecule has 0 spiro atoms. The van der Waals surface area contributed by atoms with Crippen molar-refractivity contribution in [2.24, 2.45) is 0 Å². The number of furan rings is 1. The molecule has 0 unspecified atom stereocenters. The second-order valence-corrected chi connectivity index (χ2v) is 7.76. The largest absolute Gasteiger partial charge is 0.573 e. The molecule has 2 heterocycles. The monoisotopic (exact) mass is 475 g/mol. The summed E-state index contributed by atoms with van der Waals surface area (Å²) in [6.07, 6.45) is -3.32. The van der Waals surface area contributed by atoms with Crippen LogP contribution in [0.15, 0.2) is 76.1 Å². The van der Waals surface area contributed by atoms with Gasteiger partial charge < -0.3 is 13.9 Å². The quantitative estimate of drug-likeness (QED) is 0.393. The van der Waals surface area contributed by atoms with Crippen molar-refractivity contribution in [3.05, 3.63) is 77.4 Å². The van der Waals surface area contributed by atoms with E-state index in [9.17, 15) is 22.8 Å². The smallest absolute Gasteiger partial charge is 0.492 e. The van der Waals surface area contributed by atoms with Gasteiger partial charge in [-0.2, -0.15) is 0 Å². The van der Waals surface area contributed by atoms with Crippen molar-refractivity contribution in [3.8, 4) is 22.8 Å². The van der Waals surface area contributed by atoms with Crippen LogP contribution in [0.25, 0.3) is 17.4 Å². The number of carbonyl (C=O) groups excluding carboxylic acids is 2. The van der Waals surface area contributed by atoms with Crippen LogP contribution in [0.1, 0.15) is 5.76 Å². The molecule has 2 amide bonds. The number of thioether (sulfide) groups is 1. The molecule has 3 aromatic rings.